The second-order valence-corrected chi connectivity index (χ2v) is 4.42. The standard InChI is InChI=1S/C12H9BrN4O/c1-7-3-2-4-9(8(7)5-14)17-11-10(13)12(18)16-6-15-11/h2-4,6H,1H3,(H2,15,16,17,18). The molecule has 0 saturated heterocycles. The molecule has 1 aromatic heterocycles. The highest BCUT2D eigenvalue weighted by atomic mass is 79.9. The van der Waals surface area contributed by atoms with Crippen LogP contribution in [0, 0.1) is 18.3 Å². The Labute approximate surface area is 112 Å². The Hall–Kier alpha value is -2.13. The number of nitriles is 1. The summed E-state index contributed by atoms with van der Waals surface area (Å²) in [5.41, 5.74) is 1.74. The number of H-pyrrole nitrogens is 1. The second kappa shape index (κ2) is 5.02. The van der Waals surface area contributed by atoms with Gasteiger partial charge in [-0.3, -0.25) is 4.79 Å². The average Bonchev–Trinajstić information content (AvgIpc) is 2.35. The maximum Gasteiger partial charge on any atom is 0.267 e. The first-order valence-electron chi connectivity index (χ1n) is 5.13. The minimum atomic E-state index is -0.279. The molecule has 2 aromatic rings. The quantitative estimate of drug-likeness (QED) is 0.893. The third-order valence-corrected chi connectivity index (χ3v) is 3.17. The summed E-state index contributed by atoms with van der Waals surface area (Å²) < 4.78 is 0.301. The van der Waals surface area contributed by atoms with Gasteiger partial charge in [0.25, 0.3) is 5.56 Å². The predicted molar refractivity (Wildman–Crippen MR) is 71.7 cm³/mol. The Morgan fingerprint density at radius 1 is 1.50 bits per heavy atom. The minimum Gasteiger partial charge on any atom is -0.338 e. The van der Waals surface area contributed by atoms with Crippen molar-refractivity contribution < 1.29 is 0 Å². The monoisotopic (exact) mass is 304 g/mol. The summed E-state index contributed by atoms with van der Waals surface area (Å²) in [4.78, 5) is 17.9. The Morgan fingerprint density at radius 2 is 2.28 bits per heavy atom. The van der Waals surface area contributed by atoms with Crippen LogP contribution < -0.4 is 10.9 Å². The molecular formula is C12H9BrN4O. The molecule has 0 saturated carbocycles. The Morgan fingerprint density at radius 3 is 3.00 bits per heavy atom. The number of rotatable bonds is 2. The molecule has 0 amide bonds. The summed E-state index contributed by atoms with van der Waals surface area (Å²) in [5, 5.41) is 12.1. The molecular weight excluding hydrogens is 296 g/mol. The lowest BCUT2D eigenvalue weighted by Gasteiger charge is -2.09. The van der Waals surface area contributed by atoms with Crippen molar-refractivity contribution in [1.29, 1.82) is 5.26 Å². The van der Waals surface area contributed by atoms with Crippen LogP contribution in [0.4, 0.5) is 11.5 Å². The van der Waals surface area contributed by atoms with E-state index in [1.807, 2.05) is 19.1 Å². The first-order chi connectivity index (χ1) is 8.63. The van der Waals surface area contributed by atoms with Gasteiger partial charge in [-0.25, -0.2) is 4.98 Å². The molecule has 1 heterocycles. The van der Waals surface area contributed by atoms with Gasteiger partial charge in [-0.2, -0.15) is 5.26 Å². The molecule has 90 valence electrons. The van der Waals surface area contributed by atoms with Crippen molar-refractivity contribution in [2.24, 2.45) is 0 Å². The van der Waals surface area contributed by atoms with E-state index in [4.69, 9.17) is 5.26 Å². The number of nitrogens with one attached hydrogen (secondary N) is 2. The minimum absolute atomic E-state index is 0.279. The van der Waals surface area contributed by atoms with Crippen LogP contribution in [0.3, 0.4) is 0 Å². The summed E-state index contributed by atoms with van der Waals surface area (Å²) in [6, 6.07) is 7.58. The third-order valence-electron chi connectivity index (χ3n) is 2.43. The van der Waals surface area contributed by atoms with E-state index < -0.39 is 0 Å². The summed E-state index contributed by atoms with van der Waals surface area (Å²) in [6.45, 7) is 1.85. The number of benzene rings is 1. The number of aryl methyl sites for hydroxylation is 1. The molecule has 0 aliphatic carbocycles. The lowest BCUT2D eigenvalue weighted by Crippen LogP contribution is -2.10. The van der Waals surface area contributed by atoms with E-state index in [0.29, 0.717) is 21.5 Å². The van der Waals surface area contributed by atoms with Gasteiger partial charge in [0.15, 0.2) is 5.82 Å². The fraction of sp³-hybridized carbons (Fsp3) is 0.0833. The average molecular weight is 305 g/mol. The number of aromatic amines is 1. The number of anilines is 2. The first kappa shape index (κ1) is 12.3. The van der Waals surface area contributed by atoms with Gasteiger partial charge in [-0.1, -0.05) is 12.1 Å². The van der Waals surface area contributed by atoms with Crippen LogP contribution in [0.15, 0.2) is 33.8 Å². The molecule has 0 radical (unpaired) electrons. The largest absolute Gasteiger partial charge is 0.338 e. The third kappa shape index (κ3) is 2.26. The maximum atomic E-state index is 11.4. The van der Waals surface area contributed by atoms with E-state index >= 15 is 0 Å². The second-order valence-electron chi connectivity index (χ2n) is 3.63. The lowest BCUT2D eigenvalue weighted by atomic mass is 10.1. The van der Waals surface area contributed by atoms with Crippen LogP contribution in [0.2, 0.25) is 0 Å². The van der Waals surface area contributed by atoms with Crippen LogP contribution >= 0.6 is 15.9 Å². The molecule has 0 spiro atoms. The lowest BCUT2D eigenvalue weighted by molar-refractivity contribution is 1.10. The highest BCUT2D eigenvalue weighted by Crippen LogP contribution is 2.24. The van der Waals surface area contributed by atoms with Crippen molar-refractivity contribution in [3.63, 3.8) is 0 Å². The number of aromatic nitrogens is 2. The van der Waals surface area contributed by atoms with E-state index in [9.17, 15) is 4.79 Å². The van der Waals surface area contributed by atoms with Gasteiger partial charge < -0.3 is 10.3 Å². The van der Waals surface area contributed by atoms with Crippen LogP contribution in [0.25, 0.3) is 0 Å². The molecule has 0 bridgehead atoms. The molecule has 0 atom stereocenters. The van der Waals surface area contributed by atoms with Gasteiger partial charge in [0.2, 0.25) is 0 Å². The SMILES string of the molecule is Cc1cccc(Nc2nc[nH]c(=O)c2Br)c1C#N. The Kier molecular flexibility index (Phi) is 3.44. The molecule has 0 unspecified atom stereocenters. The van der Waals surface area contributed by atoms with E-state index in [-0.39, 0.29) is 5.56 Å². The smallest absolute Gasteiger partial charge is 0.267 e. The van der Waals surface area contributed by atoms with Gasteiger partial charge in [-0.15, -0.1) is 0 Å². The molecule has 0 aliphatic rings. The molecule has 0 fully saturated rings. The van der Waals surface area contributed by atoms with Crippen molar-refractivity contribution >= 4 is 27.4 Å². The Bertz CT molecular complexity index is 687. The summed E-state index contributed by atoms with van der Waals surface area (Å²) in [5.74, 6) is 0.376. The number of nitrogens with zero attached hydrogens (tertiary/aromatic N) is 2. The van der Waals surface area contributed by atoms with E-state index in [1.54, 1.807) is 6.07 Å². The molecule has 0 aliphatic heterocycles. The van der Waals surface area contributed by atoms with E-state index in [2.05, 4.69) is 37.3 Å². The molecule has 6 heteroatoms. The van der Waals surface area contributed by atoms with Gasteiger partial charge in [0.1, 0.15) is 10.5 Å². The van der Waals surface area contributed by atoms with Crippen molar-refractivity contribution in [2.45, 2.75) is 6.92 Å². The number of halogens is 1. The van der Waals surface area contributed by atoms with Gasteiger partial charge in [0, 0.05) is 0 Å². The summed E-state index contributed by atoms with van der Waals surface area (Å²) in [7, 11) is 0. The predicted octanol–water partition coefficient (Wildman–Crippen LogP) is 2.46. The van der Waals surface area contributed by atoms with Gasteiger partial charge >= 0.3 is 0 Å². The Balaban J connectivity index is 2.47. The van der Waals surface area contributed by atoms with Gasteiger partial charge in [-0.05, 0) is 34.5 Å². The number of hydrogen-bond acceptors (Lipinski definition) is 4. The van der Waals surface area contributed by atoms with Crippen molar-refractivity contribution in [3.8, 4) is 6.07 Å². The van der Waals surface area contributed by atoms with Gasteiger partial charge in [0.05, 0.1) is 17.6 Å². The van der Waals surface area contributed by atoms with Crippen LogP contribution in [0.5, 0.6) is 0 Å². The van der Waals surface area contributed by atoms with Crippen molar-refractivity contribution in [1.82, 2.24) is 9.97 Å². The van der Waals surface area contributed by atoms with Crippen molar-refractivity contribution in [2.75, 3.05) is 5.32 Å². The highest BCUT2D eigenvalue weighted by Gasteiger charge is 2.09. The zero-order valence-corrected chi connectivity index (χ0v) is 11.1. The van der Waals surface area contributed by atoms with Crippen LogP contribution in [-0.2, 0) is 0 Å². The topological polar surface area (TPSA) is 81.6 Å². The molecule has 18 heavy (non-hydrogen) atoms. The number of hydrogen-bond donors (Lipinski definition) is 2. The molecule has 2 N–H and O–H groups in total. The summed E-state index contributed by atoms with van der Waals surface area (Å²) in [6.07, 6.45) is 1.30. The van der Waals surface area contributed by atoms with Crippen LogP contribution in [-0.4, -0.2) is 9.97 Å². The normalized spacial score (nSPS) is 9.83. The van der Waals surface area contributed by atoms with E-state index in [1.165, 1.54) is 6.33 Å². The zero-order chi connectivity index (χ0) is 13.1. The first-order valence-corrected chi connectivity index (χ1v) is 5.92. The molecule has 5 nitrogen and oxygen atoms in total. The van der Waals surface area contributed by atoms with Crippen LogP contribution in [0.1, 0.15) is 11.1 Å². The van der Waals surface area contributed by atoms with Crippen molar-refractivity contribution in [3.05, 3.63) is 50.5 Å². The molecule has 2 rings (SSSR count). The molecule has 1 aromatic carbocycles. The summed E-state index contributed by atoms with van der Waals surface area (Å²) >= 11 is 3.15. The fourth-order valence-corrected chi connectivity index (χ4v) is 1.83. The maximum absolute atomic E-state index is 11.4. The highest BCUT2D eigenvalue weighted by molar-refractivity contribution is 9.10. The van der Waals surface area contributed by atoms with E-state index in [0.717, 1.165) is 5.56 Å². The zero-order valence-electron chi connectivity index (χ0n) is 9.49. The fourth-order valence-electron chi connectivity index (χ4n) is 1.52.